The molecule has 1 aliphatic heterocycles. The number of thiophene rings is 1. The monoisotopic (exact) mass is 437 g/mol. The maximum Gasteiger partial charge on any atom is 0.162 e. The number of fused-ring (bicyclic) bond motifs is 3. The Bertz CT molecular complexity index is 1120. The van der Waals surface area contributed by atoms with Gasteiger partial charge >= 0.3 is 0 Å². The Morgan fingerprint density at radius 3 is 2.67 bits per heavy atom. The summed E-state index contributed by atoms with van der Waals surface area (Å²) in [6.45, 7) is 4.37. The number of allylic oxidation sites excluding steroid dienone is 2. The van der Waals surface area contributed by atoms with Crippen LogP contribution in [-0.2, 0) is 4.79 Å². The molecule has 1 unspecified atom stereocenters. The van der Waals surface area contributed by atoms with E-state index in [0.29, 0.717) is 6.42 Å². The Morgan fingerprint density at radius 1 is 1.07 bits per heavy atom. The predicted octanol–water partition coefficient (Wildman–Crippen LogP) is 6.86. The van der Waals surface area contributed by atoms with Gasteiger partial charge in [-0.3, -0.25) is 4.79 Å². The lowest BCUT2D eigenvalue weighted by molar-refractivity contribution is -0.118. The highest BCUT2D eigenvalue weighted by molar-refractivity contribution is 9.11. The first-order chi connectivity index (χ1) is 12.9. The highest BCUT2D eigenvalue weighted by Gasteiger charge is 2.41. The van der Waals surface area contributed by atoms with Gasteiger partial charge < -0.3 is 5.32 Å². The van der Waals surface area contributed by atoms with Gasteiger partial charge in [-0.05, 0) is 62.3 Å². The molecule has 4 heteroatoms. The van der Waals surface area contributed by atoms with Gasteiger partial charge in [0, 0.05) is 28.3 Å². The third-order valence-electron chi connectivity index (χ3n) is 5.63. The number of halogens is 1. The predicted molar refractivity (Wildman–Crippen MR) is 116 cm³/mol. The molecule has 2 aromatic carbocycles. The minimum Gasteiger partial charge on any atom is -0.358 e. The minimum atomic E-state index is -0.00213. The van der Waals surface area contributed by atoms with Crippen LogP contribution in [0.15, 0.2) is 63.6 Å². The number of ketones is 1. The quantitative estimate of drug-likeness (QED) is 0.450. The minimum absolute atomic E-state index is 0.00208. The first-order valence-corrected chi connectivity index (χ1v) is 10.8. The fraction of sp³-hybridized carbons (Fsp3) is 0.261. The van der Waals surface area contributed by atoms with E-state index < -0.39 is 0 Å². The van der Waals surface area contributed by atoms with E-state index in [4.69, 9.17) is 0 Å². The van der Waals surface area contributed by atoms with Gasteiger partial charge in [0.2, 0.25) is 0 Å². The van der Waals surface area contributed by atoms with Crippen molar-refractivity contribution in [1.82, 2.24) is 0 Å². The van der Waals surface area contributed by atoms with Gasteiger partial charge in [0.25, 0.3) is 0 Å². The maximum absolute atomic E-state index is 13.3. The van der Waals surface area contributed by atoms with E-state index in [1.807, 2.05) is 0 Å². The molecule has 136 valence electrons. The Hall–Kier alpha value is -1.91. The molecule has 1 aromatic heterocycles. The van der Waals surface area contributed by atoms with E-state index in [9.17, 15) is 4.79 Å². The zero-order valence-corrected chi connectivity index (χ0v) is 17.7. The third-order valence-corrected chi connectivity index (χ3v) is 7.32. The maximum atomic E-state index is 13.3. The molecule has 1 N–H and O–H groups in total. The second kappa shape index (κ2) is 6.05. The molecule has 2 heterocycles. The van der Waals surface area contributed by atoms with Crippen LogP contribution >= 0.6 is 27.3 Å². The van der Waals surface area contributed by atoms with Crippen LogP contribution < -0.4 is 5.32 Å². The van der Waals surface area contributed by atoms with Crippen molar-refractivity contribution in [3.05, 3.63) is 74.0 Å². The van der Waals surface area contributed by atoms with Crippen LogP contribution in [-0.4, -0.2) is 5.78 Å². The standard InChI is InChI=1S/C23H20BrNOS/c1-23(2)11-16-21(17(26)12-23)22(18-9-10-19(24)27-18)20-14-6-4-3-5-13(14)7-8-15(20)25-16/h3-10,22,25H,11-12H2,1-2H3. The van der Waals surface area contributed by atoms with E-state index >= 15 is 0 Å². The van der Waals surface area contributed by atoms with Crippen molar-refractivity contribution in [2.45, 2.75) is 32.6 Å². The molecule has 27 heavy (non-hydrogen) atoms. The summed E-state index contributed by atoms with van der Waals surface area (Å²) in [5.41, 5.74) is 4.43. The molecule has 0 radical (unpaired) electrons. The van der Waals surface area contributed by atoms with Crippen LogP contribution in [0, 0.1) is 5.41 Å². The van der Waals surface area contributed by atoms with Crippen molar-refractivity contribution in [3.8, 4) is 0 Å². The molecule has 0 saturated carbocycles. The van der Waals surface area contributed by atoms with Crippen LogP contribution in [0.5, 0.6) is 0 Å². The van der Waals surface area contributed by atoms with E-state index in [2.05, 4.69) is 83.6 Å². The Kier molecular flexibility index (Phi) is 3.85. The lowest BCUT2D eigenvalue weighted by Crippen LogP contribution is -2.33. The molecule has 0 bridgehead atoms. The Balaban J connectivity index is 1.82. The SMILES string of the molecule is CC1(C)CC(=O)C2=C(C1)Nc1ccc3ccccc3c1C2c1ccc(Br)s1. The van der Waals surface area contributed by atoms with Gasteiger partial charge in [0.1, 0.15) is 0 Å². The number of hydrogen-bond acceptors (Lipinski definition) is 3. The number of carbonyl (C=O) groups is 1. The number of anilines is 1. The van der Waals surface area contributed by atoms with Gasteiger partial charge in [-0.15, -0.1) is 11.3 Å². The number of nitrogens with one attached hydrogen (secondary N) is 1. The van der Waals surface area contributed by atoms with Crippen molar-refractivity contribution in [3.63, 3.8) is 0 Å². The molecule has 5 rings (SSSR count). The summed E-state index contributed by atoms with van der Waals surface area (Å²) in [7, 11) is 0. The second-order valence-corrected chi connectivity index (χ2v) is 10.8. The van der Waals surface area contributed by atoms with Crippen LogP contribution in [0.2, 0.25) is 0 Å². The molecule has 2 aliphatic rings. The van der Waals surface area contributed by atoms with Crippen LogP contribution in [0.4, 0.5) is 5.69 Å². The van der Waals surface area contributed by atoms with Crippen molar-refractivity contribution in [2.24, 2.45) is 5.41 Å². The Labute approximate surface area is 171 Å². The summed E-state index contributed by atoms with van der Waals surface area (Å²) in [6, 6.07) is 17.1. The largest absolute Gasteiger partial charge is 0.358 e. The average molecular weight is 438 g/mol. The highest BCUT2D eigenvalue weighted by Crippen LogP contribution is 2.52. The van der Waals surface area contributed by atoms with E-state index in [1.54, 1.807) is 11.3 Å². The first kappa shape index (κ1) is 17.2. The van der Waals surface area contributed by atoms with Crippen LogP contribution in [0.1, 0.15) is 43.0 Å². The number of benzene rings is 2. The van der Waals surface area contributed by atoms with Gasteiger partial charge in [-0.25, -0.2) is 0 Å². The molecule has 1 atom stereocenters. The Morgan fingerprint density at radius 2 is 1.89 bits per heavy atom. The summed E-state index contributed by atoms with van der Waals surface area (Å²) < 4.78 is 1.10. The molecular formula is C23H20BrNOS. The topological polar surface area (TPSA) is 29.1 Å². The third kappa shape index (κ3) is 2.77. The molecule has 1 aliphatic carbocycles. The number of rotatable bonds is 1. The highest BCUT2D eigenvalue weighted by atomic mass is 79.9. The molecule has 0 saturated heterocycles. The normalized spacial score (nSPS) is 21.0. The molecule has 0 fully saturated rings. The van der Waals surface area contributed by atoms with Crippen LogP contribution in [0.25, 0.3) is 10.8 Å². The summed E-state index contributed by atoms with van der Waals surface area (Å²) in [6.07, 6.45) is 1.51. The van der Waals surface area contributed by atoms with E-state index in [0.717, 1.165) is 27.2 Å². The van der Waals surface area contributed by atoms with Crippen molar-refractivity contribution >= 4 is 49.5 Å². The summed E-state index contributed by atoms with van der Waals surface area (Å²) in [5.74, 6) is 0.282. The number of hydrogen-bond donors (Lipinski definition) is 1. The molecule has 2 nitrogen and oxygen atoms in total. The molecule has 0 spiro atoms. The zero-order chi connectivity index (χ0) is 18.8. The smallest absolute Gasteiger partial charge is 0.162 e. The fourth-order valence-electron chi connectivity index (χ4n) is 4.57. The summed E-state index contributed by atoms with van der Waals surface area (Å²) >= 11 is 5.34. The van der Waals surface area contributed by atoms with Gasteiger partial charge in [0.05, 0.1) is 9.70 Å². The van der Waals surface area contributed by atoms with Crippen molar-refractivity contribution < 1.29 is 4.79 Å². The first-order valence-electron chi connectivity index (χ1n) is 9.23. The van der Waals surface area contributed by atoms with Gasteiger partial charge in [-0.2, -0.15) is 0 Å². The average Bonchev–Trinajstić information content (AvgIpc) is 3.04. The van der Waals surface area contributed by atoms with Gasteiger partial charge in [-0.1, -0.05) is 44.2 Å². The number of Topliss-reactive ketones (excluding diaryl/α,β-unsaturated/α-hetero) is 1. The number of carbonyl (C=O) groups excluding carboxylic acids is 1. The fourth-order valence-corrected chi connectivity index (χ4v) is 6.12. The lowest BCUT2D eigenvalue weighted by atomic mass is 9.69. The zero-order valence-electron chi connectivity index (χ0n) is 15.3. The summed E-state index contributed by atoms with van der Waals surface area (Å²) in [5, 5.41) is 6.07. The van der Waals surface area contributed by atoms with E-state index in [1.165, 1.54) is 21.2 Å². The molecule has 3 aromatic rings. The lowest BCUT2D eigenvalue weighted by Gasteiger charge is -2.39. The second-order valence-electron chi connectivity index (χ2n) is 8.28. The molecular weight excluding hydrogens is 418 g/mol. The van der Waals surface area contributed by atoms with Crippen molar-refractivity contribution in [1.29, 1.82) is 0 Å². The van der Waals surface area contributed by atoms with Gasteiger partial charge in [0.15, 0.2) is 5.78 Å². The van der Waals surface area contributed by atoms with Crippen molar-refractivity contribution in [2.75, 3.05) is 5.32 Å². The van der Waals surface area contributed by atoms with E-state index in [-0.39, 0.29) is 17.1 Å². The summed E-state index contributed by atoms with van der Waals surface area (Å²) in [4.78, 5) is 14.5. The van der Waals surface area contributed by atoms with Crippen LogP contribution in [0.3, 0.4) is 0 Å². The molecule has 0 amide bonds.